The van der Waals surface area contributed by atoms with Gasteiger partial charge in [-0.15, -0.1) is 0 Å². The van der Waals surface area contributed by atoms with Crippen molar-refractivity contribution in [2.24, 2.45) is 0 Å². The van der Waals surface area contributed by atoms with Crippen LogP contribution in [0.15, 0.2) is 42.5 Å². The third kappa shape index (κ3) is 6.77. The summed E-state index contributed by atoms with van der Waals surface area (Å²) in [6.45, 7) is 1.35. The van der Waals surface area contributed by atoms with Crippen molar-refractivity contribution in [2.75, 3.05) is 38.4 Å². The van der Waals surface area contributed by atoms with Crippen LogP contribution in [0.4, 0.5) is 5.69 Å². The van der Waals surface area contributed by atoms with Crippen LogP contribution in [0.3, 0.4) is 0 Å². The first-order valence-electron chi connectivity index (χ1n) is 10.5. The molecule has 1 atom stereocenters. The van der Waals surface area contributed by atoms with Gasteiger partial charge < -0.3 is 19.7 Å². The number of halogens is 1. The van der Waals surface area contributed by atoms with Gasteiger partial charge in [-0.1, -0.05) is 30.7 Å². The van der Waals surface area contributed by atoms with Gasteiger partial charge >= 0.3 is 0 Å². The molecule has 0 fully saturated rings. The minimum atomic E-state index is -3.86. The molecule has 0 spiro atoms. The minimum absolute atomic E-state index is 0.0862. The summed E-state index contributed by atoms with van der Waals surface area (Å²) in [5.74, 6) is 0.0758. The summed E-state index contributed by atoms with van der Waals surface area (Å²) < 4.78 is 36.6. The van der Waals surface area contributed by atoms with Gasteiger partial charge in [0.25, 0.3) is 0 Å². The van der Waals surface area contributed by atoms with E-state index in [0.29, 0.717) is 17.9 Å². The predicted molar refractivity (Wildman–Crippen MR) is 132 cm³/mol. The van der Waals surface area contributed by atoms with E-state index in [4.69, 9.17) is 21.1 Å². The molecule has 11 heteroatoms. The number of anilines is 1. The van der Waals surface area contributed by atoms with Gasteiger partial charge in [-0.25, -0.2) is 8.42 Å². The zero-order valence-electron chi connectivity index (χ0n) is 19.9. The zero-order chi connectivity index (χ0) is 25.5. The zero-order valence-corrected chi connectivity index (χ0v) is 21.4. The van der Waals surface area contributed by atoms with Gasteiger partial charge in [0.15, 0.2) is 0 Å². The number of amides is 2. The summed E-state index contributed by atoms with van der Waals surface area (Å²) in [4.78, 5) is 27.5. The van der Waals surface area contributed by atoms with Gasteiger partial charge in [0.05, 0.1) is 31.2 Å². The van der Waals surface area contributed by atoms with E-state index in [9.17, 15) is 18.0 Å². The van der Waals surface area contributed by atoms with Crippen molar-refractivity contribution in [3.63, 3.8) is 0 Å². The number of hydrogen-bond donors (Lipinski definition) is 1. The van der Waals surface area contributed by atoms with Crippen LogP contribution in [-0.4, -0.2) is 65.2 Å². The monoisotopic (exact) mass is 511 g/mol. The Morgan fingerprint density at radius 3 is 2.35 bits per heavy atom. The van der Waals surface area contributed by atoms with Crippen molar-refractivity contribution in [3.05, 3.63) is 53.1 Å². The van der Waals surface area contributed by atoms with E-state index >= 15 is 0 Å². The SMILES string of the molecule is CCC(C(=O)NC)N(Cc1cccc(OC)c1)C(=O)CN(c1ccc(OC)c(Cl)c1)S(C)(=O)=O. The fraction of sp³-hybridized carbons (Fsp3) is 0.391. The lowest BCUT2D eigenvalue weighted by molar-refractivity contribution is -0.140. The highest BCUT2D eigenvalue weighted by Gasteiger charge is 2.31. The molecule has 9 nitrogen and oxygen atoms in total. The van der Waals surface area contributed by atoms with E-state index in [0.717, 1.165) is 16.1 Å². The van der Waals surface area contributed by atoms with E-state index in [1.54, 1.807) is 31.2 Å². The van der Waals surface area contributed by atoms with Crippen molar-refractivity contribution in [1.82, 2.24) is 10.2 Å². The Hall–Kier alpha value is -2.98. The van der Waals surface area contributed by atoms with E-state index in [1.807, 2.05) is 0 Å². The molecule has 0 aliphatic carbocycles. The van der Waals surface area contributed by atoms with Crippen LogP contribution in [0.1, 0.15) is 18.9 Å². The summed E-state index contributed by atoms with van der Waals surface area (Å²) in [6, 6.07) is 10.7. The predicted octanol–water partition coefficient (Wildman–Crippen LogP) is 2.68. The Balaban J connectivity index is 2.46. The molecule has 186 valence electrons. The number of nitrogens with zero attached hydrogens (tertiary/aromatic N) is 2. The highest BCUT2D eigenvalue weighted by Crippen LogP contribution is 2.30. The first-order chi connectivity index (χ1) is 16.0. The van der Waals surface area contributed by atoms with Crippen molar-refractivity contribution in [3.8, 4) is 11.5 Å². The maximum Gasteiger partial charge on any atom is 0.244 e. The van der Waals surface area contributed by atoms with Crippen molar-refractivity contribution >= 4 is 39.1 Å². The quantitative estimate of drug-likeness (QED) is 0.497. The van der Waals surface area contributed by atoms with Gasteiger partial charge in [-0.2, -0.15) is 0 Å². The molecule has 2 rings (SSSR count). The van der Waals surface area contributed by atoms with Gasteiger partial charge in [-0.3, -0.25) is 13.9 Å². The number of carbonyl (C=O) groups excluding carboxylic acids is 2. The fourth-order valence-electron chi connectivity index (χ4n) is 3.48. The molecule has 0 saturated heterocycles. The summed E-state index contributed by atoms with van der Waals surface area (Å²) >= 11 is 6.19. The maximum atomic E-state index is 13.5. The molecule has 0 aliphatic heterocycles. The Morgan fingerprint density at radius 2 is 1.82 bits per heavy atom. The number of likely N-dealkylation sites (N-methyl/N-ethyl adjacent to an activating group) is 1. The number of nitrogens with one attached hydrogen (secondary N) is 1. The number of benzene rings is 2. The normalized spacial score (nSPS) is 11.9. The molecular formula is C23H30ClN3O6S. The molecule has 0 radical (unpaired) electrons. The standard InChI is InChI=1S/C23H30ClN3O6S/c1-6-20(23(29)25-2)26(14-16-8-7-9-18(12-16)32-3)22(28)15-27(34(5,30)31)17-10-11-21(33-4)19(24)13-17/h7-13,20H,6,14-15H2,1-5H3,(H,25,29). The first kappa shape index (κ1) is 27.3. The topological polar surface area (TPSA) is 105 Å². The lowest BCUT2D eigenvalue weighted by Crippen LogP contribution is -2.51. The second kappa shape index (κ2) is 11.9. The minimum Gasteiger partial charge on any atom is -0.497 e. The van der Waals surface area contributed by atoms with E-state index < -0.39 is 28.5 Å². The molecule has 34 heavy (non-hydrogen) atoms. The van der Waals surface area contributed by atoms with E-state index in [1.165, 1.54) is 44.4 Å². The van der Waals surface area contributed by atoms with Gasteiger partial charge in [0, 0.05) is 13.6 Å². The highest BCUT2D eigenvalue weighted by molar-refractivity contribution is 7.92. The molecule has 2 aromatic rings. The number of carbonyl (C=O) groups is 2. The van der Waals surface area contributed by atoms with Crippen LogP contribution >= 0.6 is 11.6 Å². The molecule has 2 amide bonds. The molecule has 0 bridgehead atoms. The average molecular weight is 512 g/mol. The maximum absolute atomic E-state index is 13.5. The number of ether oxygens (including phenoxy) is 2. The highest BCUT2D eigenvalue weighted by atomic mass is 35.5. The smallest absolute Gasteiger partial charge is 0.244 e. The molecule has 0 saturated carbocycles. The third-order valence-corrected chi connectivity index (χ3v) is 6.66. The first-order valence-corrected chi connectivity index (χ1v) is 12.7. The Kier molecular flexibility index (Phi) is 9.57. The molecule has 1 N–H and O–H groups in total. The van der Waals surface area contributed by atoms with Crippen molar-refractivity contribution in [2.45, 2.75) is 25.9 Å². The summed E-state index contributed by atoms with van der Waals surface area (Å²) in [5.41, 5.74) is 0.935. The van der Waals surface area contributed by atoms with Gasteiger partial charge in [-0.05, 0) is 42.3 Å². The summed E-state index contributed by atoms with van der Waals surface area (Å²) in [6.07, 6.45) is 1.34. The molecule has 0 aliphatic rings. The van der Waals surface area contributed by atoms with Crippen LogP contribution in [-0.2, 0) is 26.2 Å². The molecular weight excluding hydrogens is 482 g/mol. The molecule has 1 unspecified atom stereocenters. The fourth-order valence-corrected chi connectivity index (χ4v) is 4.57. The van der Waals surface area contributed by atoms with Crippen LogP contribution in [0, 0.1) is 0 Å². The van der Waals surface area contributed by atoms with Crippen molar-refractivity contribution in [1.29, 1.82) is 0 Å². The Morgan fingerprint density at radius 1 is 1.12 bits per heavy atom. The van der Waals surface area contributed by atoms with Crippen LogP contribution in [0.5, 0.6) is 11.5 Å². The second-order valence-electron chi connectivity index (χ2n) is 7.50. The third-order valence-electron chi connectivity index (χ3n) is 5.22. The van der Waals surface area contributed by atoms with E-state index in [2.05, 4.69) is 5.32 Å². The lowest BCUT2D eigenvalue weighted by atomic mass is 10.1. The van der Waals surface area contributed by atoms with Crippen LogP contribution < -0.4 is 19.1 Å². The number of methoxy groups -OCH3 is 2. The Bertz CT molecular complexity index is 1130. The lowest BCUT2D eigenvalue weighted by Gasteiger charge is -2.32. The molecule has 0 aromatic heterocycles. The van der Waals surface area contributed by atoms with Crippen LogP contribution in [0.2, 0.25) is 5.02 Å². The molecule has 2 aromatic carbocycles. The number of sulfonamides is 1. The van der Waals surface area contributed by atoms with E-state index in [-0.39, 0.29) is 23.2 Å². The average Bonchev–Trinajstić information content (AvgIpc) is 2.81. The summed E-state index contributed by atoms with van der Waals surface area (Å²) in [5, 5.41) is 2.77. The number of hydrogen-bond acceptors (Lipinski definition) is 6. The largest absolute Gasteiger partial charge is 0.497 e. The van der Waals surface area contributed by atoms with Crippen molar-refractivity contribution < 1.29 is 27.5 Å². The molecule has 0 heterocycles. The van der Waals surface area contributed by atoms with Gasteiger partial charge in [0.1, 0.15) is 24.1 Å². The number of rotatable bonds is 11. The van der Waals surface area contributed by atoms with Gasteiger partial charge in [0.2, 0.25) is 21.8 Å². The Labute approximate surface area is 205 Å². The summed E-state index contributed by atoms with van der Waals surface area (Å²) in [7, 11) is 0.605. The van der Waals surface area contributed by atoms with Crippen LogP contribution in [0.25, 0.3) is 0 Å². The second-order valence-corrected chi connectivity index (χ2v) is 9.81.